The van der Waals surface area contributed by atoms with Gasteiger partial charge in [-0.3, -0.25) is 9.59 Å². The minimum absolute atomic E-state index is 0.0111. The Morgan fingerprint density at radius 1 is 1.14 bits per heavy atom. The van der Waals surface area contributed by atoms with Gasteiger partial charge < -0.3 is 25.4 Å². The first-order valence-corrected chi connectivity index (χ1v) is 13.1. The van der Waals surface area contributed by atoms with E-state index in [1.807, 2.05) is 20.8 Å². The number of carbonyl (C=O) groups excluding carboxylic acids is 3. The van der Waals surface area contributed by atoms with Crippen molar-refractivity contribution >= 4 is 17.9 Å². The SMILES string of the molecule is C#Cc1ccccc1C(C(=O)NC1CCCCC1)N(C(=O)C(CO)NC(=O)OC(C)(C)C)C(C)(C)CC. The van der Waals surface area contributed by atoms with E-state index in [0.29, 0.717) is 17.5 Å². The highest BCUT2D eigenvalue weighted by Gasteiger charge is 2.44. The Labute approximate surface area is 221 Å². The zero-order valence-electron chi connectivity index (χ0n) is 23.1. The normalized spacial score (nSPS) is 16.2. The Morgan fingerprint density at radius 3 is 2.30 bits per heavy atom. The summed E-state index contributed by atoms with van der Waals surface area (Å²) in [6.07, 6.45) is 10.4. The smallest absolute Gasteiger partial charge is 0.408 e. The molecule has 1 aliphatic rings. The minimum Gasteiger partial charge on any atom is -0.444 e. The third-order valence-corrected chi connectivity index (χ3v) is 6.80. The molecule has 0 aromatic heterocycles. The highest BCUT2D eigenvalue weighted by molar-refractivity contribution is 5.93. The van der Waals surface area contributed by atoms with Crippen LogP contribution in [-0.2, 0) is 14.3 Å². The average molecular weight is 514 g/mol. The maximum absolute atomic E-state index is 14.1. The summed E-state index contributed by atoms with van der Waals surface area (Å²) in [5.41, 5.74) is -0.598. The Bertz CT molecular complexity index is 986. The largest absolute Gasteiger partial charge is 0.444 e. The van der Waals surface area contributed by atoms with Gasteiger partial charge in [0.25, 0.3) is 0 Å². The van der Waals surface area contributed by atoms with Gasteiger partial charge in [0.15, 0.2) is 0 Å². The molecule has 0 radical (unpaired) electrons. The molecule has 1 fully saturated rings. The highest BCUT2D eigenvalue weighted by Crippen LogP contribution is 2.34. The van der Waals surface area contributed by atoms with Crippen LogP contribution >= 0.6 is 0 Å². The van der Waals surface area contributed by atoms with Gasteiger partial charge in [-0.2, -0.15) is 0 Å². The van der Waals surface area contributed by atoms with Crippen molar-refractivity contribution < 1.29 is 24.2 Å². The van der Waals surface area contributed by atoms with E-state index >= 15 is 0 Å². The number of nitrogens with zero attached hydrogens (tertiary/aromatic N) is 1. The molecule has 1 aromatic carbocycles. The van der Waals surface area contributed by atoms with E-state index < -0.39 is 41.8 Å². The standard InChI is InChI=1S/C29H43N3O5/c1-8-20-15-13-14-18-22(20)24(25(34)30-21-16-11-10-12-17-21)32(29(6,7)9-2)26(35)23(19-33)31-27(36)37-28(3,4)5/h1,13-15,18,21,23-24,33H,9-12,16-17,19H2,2-7H3,(H,30,34)(H,31,36). The Kier molecular flexibility index (Phi) is 10.6. The van der Waals surface area contributed by atoms with Crippen LogP contribution in [0.25, 0.3) is 0 Å². The van der Waals surface area contributed by atoms with E-state index in [-0.39, 0.29) is 11.9 Å². The van der Waals surface area contributed by atoms with Crippen LogP contribution in [0.1, 0.15) is 97.2 Å². The van der Waals surface area contributed by atoms with E-state index in [2.05, 4.69) is 16.6 Å². The second-order valence-electron chi connectivity index (χ2n) is 11.2. The van der Waals surface area contributed by atoms with Crippen LogP contribution < -0.4 is 10.6 Å². The van der Waals surface area contributed by atoms with Crippen molar-refractivity contribution in [3.8, 4) is 12.3 Å². The van der Waals surface area contributed by atoms with Crippen molar-refractivity contribution in [1.29, 1.82) is 0 Å². The third-order valence-electron chi connectivity index (χ3n) is 6.80. The fourth-order valence-corrected chi connectivity index (χ4v) is 4.54. The molecular formula is C29H43N3O5. The van der Waals surface area contributed by atoms with E-state index in [1.165, 1.54) is 4.90 Å². The number of benzene rings is 1. The van der Waals surface area contributed by atoms with Crippen LogP contribution in [0.5, 0.6) is 0 Å². The number of terminal acetylenes is 1. The van der Waals surface area contributed by atoms with Gasteiger partial charge in [0.1, 0.15) is 17.7 Å². The van der Waals surface area contributed by atoms with Gasteiger partial charge in [-0.25, -0.2) is 4.79 Å². The lowest BCUT2D eigenvalue weighted by Crippen LogP contribution is -2.60. The molecule has 2 unspecified atom stereocenters. The van der Waals surface area contributed by atoms with Gasteiger partial charge in [0.2, 0.25) is 11.8 Å². The first-order valence-electron chi connectivity index (χ1n) is 13.1. The van der Waals surface area contributed by atoms with Crippen LogP contribution in [-0.4, -0.2) is 57.7 Å². The second-order valence-corrected chi connectivity index (χ2v) is 11.2. The van der Waals surface area contributed by atoms with Gasteiger partial charge in [-0.15, -0.1) is 6.42 Å². The quantitative estimate of drug-likeness (QED) is 0.432. The lowest BCUT2D eigenvalue weighted by molar-refractivity contribution is -0.150. The van der Waals surface area contributed by atoms with Crippen LogP contribution in [0.15, 0.2) is 24.3 Å². The molecule has 0 aliphatic heterocycles. The topological polar surface area (TPSA) is 108 Å². The lowest BCUT2D eigenvalue weighted by Gasteiger charge is -2.45. The van der Waals surface area contributed by atoms with Gasteiger partial charge in [-0.1, -0.05) is 50.3 Å². The first-order chi connectivity index (χ1) is 17.3. The monoisotopic (exact) mass is 513 g/mol. The molecule has 3 N–H and O–H groups in total. The number of ether oxygens (including phenoxy) is 1. The van der Waals surface area contributed by atoms with Crippen LogP contribution in [0.4, 0.5) is 4.79 Å². The number of aliphatic hydroxyl groups is 1. The Balaban J connectivity index is 2.56. The molecular weight excluding hydrogens is 470 g/mol. The van der Waals surface area contributed by atoms with E-state index in [4.69, 9.17) is 11.2 Å². The minimum atomic E-state index is -1.32. The van der Waals surface area contributed by atoms with Crippen molar-refractivity contribution in [2.45, 2.75) is 109 Å². The molecule has 2 atom stereocenters. The van der Waals surface area contributed by atoms with Gasteiger partial charge in [0.05, 0.1) is 6.61 Å². The molecule has 8 nitrogen and oxygen atoms in total. The van der Waals surface area contributed by atoms with Gasteiger partial charge in [-0.05, 0) is 65.5 Å². The van der Waals surface area contributed by atoms with Crippen LogP contribution in [0.3, 0.4) is 0 Å². The summed E-state index contributed by atoms with van der Waals surface area (Å²) in [6, 6.07) is 4.68. The summed E-state index contributed by atoms with van der Waals surface area (Å²) in [5, 5.41) is 15.8. The van der Waals surface area contributed by atoms with Gasteiger partial charge >= 0.3 is 6.09 Å². The molecule has 1 saturated carbocycles. The number of alkyl carbamates (subject to hydrolysis) is 1. The highest BCUT2D eigenvalue weighted by atomic mass is 16.6. The zero-order valence-corrected chi connectivity index (χ0v) is 23.1. The summed E-state index contributed by atoms with van der Waals surface area (Å²) in [6.45, 7) is 10.1. The number of hydrogen-bond donors (Lipinski definition) is 3. The average Bonchev–Trinajstić information content (AvgIpc) is 2.84. The zero-order chi connectivity index (χ0) is 27.8. The molecule has 2 rings (SSSR count). The fourth-order valence-electron chi connectivity index (χ4n) is 4.54. The molecule has 204 valence electrons. The number of rotatable bonds is 9. The van der Waals surface area contributed by atoms with Crippen molar-refractivity contribution in [2.24, 2.45) is 0 Å². The molecule has 1 aliphatic carbocycles. The molecule has 37 heavy (non-hydrogen) atoms. The van der Waals surface area contributed by atoms with Crippen molar-refractivity contribution in [3.05, 3.63) is 35.4 Å². The molecule has 0 heterocycles. The molecule has 8 heteroatoms. The Hall–Kier alpha value is -3.05. The maximum atomic E-state index is 14.1. The number of nitrogens with one attached hydrogen (secondary N) is 2. The fraction of sp³-hybridized carbons (Fsp3) is 0.621. The van der Waals surface area contributed by atoms with Crippen molar-refractivity contribution in [1.82, 2.24) is 15.5 Å². The number of carbonyl (C=O) groups is 3. The Morgan fingerprint density at radius 2 is 1.76 bits per heavy atom. The van der Waals surface area contributed by atoms with Crippen molar-refractivity contribution in [2.75, 3.05) is 6.61 Å². The van der Waals surface area contributed by atoms with E-state index in [0.717, 1.165) is 32.1 Å². The number of hydrogen-bond acceptors (Lipinski definition) is 5. The van der Waals surface area contributed by atoms with Crippen LogP contribution in [0.2, 0.25) is 0 Å². The molecule has 3 amide bonds. The van der Waals surface area contributed by atoms with E-state index in [1.54, 1.807) is 45.0 Å². The molecule has 0 saturated heterocycles. The molecule has 1 aromatic rings. The third kappa shape index (κ3) is 8.22. The lowest BCUT2D eigenvalue weighted by atomic mass is 9.89. The second kappa shape index (κ2) is 13.0. The summed E-state index contributed by atoms with van der Waals surface area (Å²) in [4.78, 5) is 42.0. The molecule has 0 spiro atoms. The number of aliphatic hydroxyl groups excluding tert-OH is 1. The summed E-state index contributed by atoms with van der Waals surface area (Å²) in [7, 11) is 0. The van der Waals surface area contributed by atoms with Crippen LogP contribution in [0, 0.1) is 12.3 Å². The van der Waals surface area contributed by atoms with E-state index in [9.17, 15) is 19.5 Å². The van der Waals surface area contributed by atoms with Crippen molar-refractivity contribution in [3.63, 3.8) is 0 Å². The number of amides is 3. The van der Waals surface area contributed by atoms with Gasteiger partial charge in [0, 0.05) is 17.1 Å². The predicted octanol–water partition coefficient (Wildman–Crippen LogP) is 4.06. The first kappa shape index (κ1) is 30.2. The molecule has 0 bridgehead atoms. The summed E-state index contributed by atoms with van der Waals surface area (Å²) >= 11 is 0. The summed E-state index contributed by atoms with van der Waals surface area (Å²) < 4.78 is 5.30. The predicted molar refractivity (Wildman–Crippen MR) is 144 cm³/mol. The summed E-state index contributed by atoms with van der Waals surface area (Å²) in [5.74, 6) is 1.71. The maximum Gasteiger partial charge on any atom is 0.408 e.